The number of rotatable bonds is 19. The van der Waals surface area contributed by atoms with E-state index in [1.165, 1.54) is 89.9 Å². The number of carboxylic acids is 1. The number of hydrogen-bond donors (Lipinski definition) is 2. The Morgan fingerprint density at radius 1 is 0.667 bits per heavy atom. The van der Waals surface area contributed by atoms with Crippen LogP contribution in [0.3, 0.4) is 0 Å². The van der Waals surface area contributed by atoms with Crippen LogP contribution in [0, 0.1) is 5.92 Å². The van der Waals surface area contributed by atoms with Crippen LogP contribution in [0.5, 0.6) is 0 Å². The van der Waals surface area contributed by atoms with Crippen LogP contribution < -0.4 is 0 Å². The van der Waals surface area contributed by atoms with Gasteiger partial charge in [0.2, 0.25) is 0 Å². The molecule has 1 atom stereocenters. The number of unbranched alkanes of at least 4 members (excludes halogenated alkanes) is 13. The predicted molar refractivity (Wildman–Crippen MR) is 118 cm³/mol. The molecule has 0 aromatic heterocycles. The van der Waals surface area contributed by atoms with Crippen molar-refractivity contribution in [3.05, 3.63) is 0 Å². The minimum atomic E-state index is -0.655. The highest BCUT2D eigenvalue weighted by Crippen LogP contribution is 2.13. The lowest BCUT2D eigenvalue weighted by atomic mass is 10.0. The van der Waals surface area contributed by atoms with Crippen LogP contribution in [-0.2, 0) is 4.79 Å². The third kappa shape index (κ3) is 27.7. The van der Waals surface area contributed by atoms with Crippen LogP contribution in [0.2, 0.25) is 0 Å². The number of hydrogen-bond acceptors (Lipinski definition) is 2. The van der Waals surface area contributed by atoms with Crippen molar-refractivity contribution < 1.29 is 15.0 Å². The molecule has 0 radical (unpaired) electrons. The molecule has 0 saturated heterocycles. The maximum absolute atomic E-state index is 10.3. The van der Waals surface area contributed by atoms with E-state index in [9.17, 15) is 4.79 Å². The molecule has 0 aromatic rings. The van der Waals surface area contributed by atoms with Gasteiger partial charge in [-0.15, -0.1) is 0 Å². The van der Waals surface area contributed by atoms with Gasteiger partial charge in [-0.25, -0.2) is 0 Å². The molecule has 1 unspecified atom stereocenters. The summed E-state index contributed by atoms with van der Waals surface area (Å²) in [6.07, 6.45) is 22.1. The van der Waals surface area contributed by atoms with E-state index in [4.69, 9.17) is 10.2 Å². The highest BCUT2D eigenvalue weighted by atomic mass is 16.4. The molecular weight excluding hydrogens is 336 g/mol. The maximum Gasteiger partial charge on any atom is 0.303 e. The van der Waals surface area contributed by atoms with Gasteiger partial charge in [-0.1, -0.05) is 117 Å². The zero-order valence-corrected chi connectivity index (χ0v) is 18.8. The summed E-state index contributed by atoms with van der Waals surface area (Å²) in [4.78, 5) is 10.3. The summed E-state index contributed by atoms with van der Waals surface area (Å²) in [5.74, 6) is -0.0944. The molecule has 0 saturated carbocycles. The smallest absolute Gasteiger partial charge is 0.303 e. The zero-order chi connectivity index (χ0) is 20.6. The number of aliphatic hydroxyl groups is 1. The summed E-state index contributed by atoms with van der Waals surface area (Å²) in [6.45, 7) is 6.95. The van der Waals surface area contributed by atoms with E-state index < -0.39 is 5.97 Å². The Morgan fingerprint density at radius 2 is 1.07 bits per heavy atom. The maximum atomic E-state index is 10.3. The second-order valence-corrected chi connectivity index (χ2v) is 7.99. The Labute approximate surface area is 170 Å². The summed E-state index contributed by atoms with van der Waals surface area (Å²) in [5.41, 5.74) is 0. The van der Waals surface area contributed by atoms with Crippen molar-refractivity contribution in [2.24, 2.45) is 5.92 Å². The molecule has 0 aliphatic rings. The fraction of sp³-hybridized carbons (Fsp3) is 0.958. The first-order valence-electron chi connectivity index (χ1n) is 11.9. The van der Waals surface area contributed by atoms with Crippen LogP contribution >= 0.6 is 0 Å². The molecule has 0 spiro atoms. The van der Waals surface area contributed by atoms with Crippen LogP contribution in [-0.4, -0.2) is 22.8 Å². The summed E-state index contributed by atoms with van der Waals surface area (Å²) < 4.78 is 0. The van der Waals surface area contributed by atoms with Gasteiger partial charge >= 0.3 is 5.97 Å². The number of aliphatic carboxylic acids is 1. The molecule has 0 amide bonds. The highest BCUT2D eigenvalue weighted by Gasteiger charge is 2.01. The summed E-state index contributed by atoms with van der Waals surface area (Å²) >= 11 is 0. The Bertz CT molecular complexity index is 275. The standard InChI is InChI=1S/C16H32O2.C8H18O/c1-2-3-4-5-6-7-8-9-10-11-12-13-14-15-16(17)18;1-3-5-6-8(4-2)7-9/h2-15H2,1H3,(H,17,18);8-9H,3-7H2,1-2H3. The van der Waals surface area contributed by atoms with Crippen molar-refractivity contribution in [3.8, 4) is 0 Å². The van der Waals surface area contributed by atoms with Crippen molar-refractivity contribution in [3.63, 3.8) is 0 Å². The van der Waals surface area contributed by atoms with Gasteiger partial charge in [0.25, 0.3) is 0 Å². The van der Waals surface area contributed by atoms with Gasteiger partial charge in [0.15, 0.2) is 0 Å². The Morgan fingerprint density at radius 3 is 1.41 bits per heavy atom. The highest BCUT2D eigenvalue weighted by molar-refractivity contribution is 5.66. The Kier molecular flexibility index (Phi) is 27.0. The number of carboxylic acid groups (broad SMARTS) is 1. The van der Waals surface area contributed by atoms with E-state index in [2.05, 4.69) is 20.8 Å². The Hall–Kier alpha value is -0.570. The SMILES string of the molecule is CCCCC(CC)CO.CCCCCCCCCCCCCCCC(=O)O. The number of aliphatic hydroxyl groups excluding tert-OH is 1. The van der Waals surface area contributed by atoms with Crippen LogP contribution in [0.1, 0.15) is 136 Å². The molecule has 0 rings (SSSR count). The lowest BCUT2D eigenvalue weighted by Gasteiger charge is -2.08. The molecular formula is C24H50O3. The number of carbonyl (C=O) groups is 1. The minimum absolute atomic E-state index is 0.345. The minimum Gasteiger partial charge on any atom is -0.481 e. The first kappa shape index (κ1) is 28.6. The quantitative estimate of drug-likeness (QED) is 0.223. The molecule has 27 heavy (non-hydrogen) atoms. The monoisotopic (exact) mass is 386 g/mol. The van der Waals surface area contributed by atoms with E-state index in [0.29, 0.717) is 18.9 Å². The second kappa shape index (κ2) is 25.4. The average Bonchev–Trinajstić information content (AvgIpc) is 2.66. The molecule has 3 nitrogen and oxygen atoms in total. The fourth-order valence-electron chi connectivity index (χ4n) is 3.21. The van der Waals surface area contributed by atoms with Crippen molar-refractivity contribution in [2.75, 3.05) is 6.61 Å². The second-order valence-electron chi connectivity index (χ2n) is 7.99. The molecule has 0 aliphatic heterocycles. The van der Waals surface area contributed by atoms with Gasteiger partial charge in [0, 0.05) is 13.0 Å². The summed E-state index contributed by atoms with van der Waals surface area (Å²) in [7, 11) is 0. The molecule has 3 heteroatoms. The third-order valence-electron chi connectivity index (χ3n) is 5.30. The van der Waals surface area contributed by atoms with E-state index in [1.807, 2.05) is 0 Å². The fourth-order valence-corrected chi connectivity index (χ4v) is 3.21. The van der Waals surface area contributed by atoms with E-state index >= 15 is 0 Å². The molecule has 0 aliphatic carbocycles. The largest absolute Gasteiger partial charge is 0.481 e. The van der Waals surface area contributed by atoms with Gasteiger partial charge in [-0.2, -0.15) is 0 Å². The first-order valence-corrected chi connectivity index (χ1v) is 11.9. The van der Waals surface area contributed by atoms with Crippen LogP contribution in [0.25, 0.3) is 0 Å². The lowest BCUT2D eigenvalue weighted by Crippen LogP contribution is -2.03. The first-order chi connectivity index (χ1) is 13.1. The van der Waals surface area contributed by atoms with E-state index in [1.54, 1.807) is 0 Å². The van der Waals surface area contributed by atoms with Gasteiger partial charge in [0.1, 0.15) is 0 Å². The van der Waals surface area contributed by atoms with Gasteiger partial charge in [-0.3, -0.25) is 4.79 Å². The summed E-state index contributed by atoms with van der Waals surface area (Å²) in [6, 6.07) is 0. The van der Waals surface area contributed by atoms with Gasteiger partial charge in [-0.05, 0) is 18.8 Å². The predicted octanol–water partition coefficient (Wildman–Crippen LogP) is 7.75. The molecule has 2 N–H and O–H groups in total. The topological polar surface area (TPSA) is 57.5 Å². The van der Waals surface area contributed by atoms with Crippen LogP contribution in [0.15, 0.2) is 0 Å². The Balaban J connectivity index is 0. The van der Waals surface area contributed by atoms with E-state index in [0.717, 1.165) is 19.3 Å². The normalized spacial score (nSPS) is 11.7. The molecule has 0 aromatic carbocycles. The van der Waals surface area contributed by atoms with Crippen molar-refractivity contribution in [1.82, 2.24) is 0 Å². The lowest BCUT2D eigenvalue weighted by molar-refractivity contribution is -0.137. The third-order valence-corrected chi connectivity index (χ3v) is 5.30. The average molecular weight is 387 g/mol. The summed E-state index contributed by atoms with van der Waals surface area (Å²) in [5, 5.41) is 17.2. The molecule has 0 heterocycles. The van der Waals surface area contributed by atoms with Gasteiger partial charge in [0.05, 0.1) is 0 Å². The van der Waals surface area contributed by atoms with Crippen molar-refractivity contribution >= 4 is 5.97 Å². The van der Waals surface area contributed by atoms with Crippen molar-refractivity contribution in [1.29, 1.82) is 0 Å². The van der Waals surface area contributed by atoms with Crippen LogP contribution in [0.4, 0.5) is 0 Å². The van der Waals surface area contributed by atoms with E-state index in [-0.39, 0.29) is 0 Å². The molecule has 0 fully saturated rings. The molecule has 164 valence electrons. The molecule has 0 bridgehead atoms. The van der Waals surface area contributed by atoms with Crippen molar-refractivity contribution in [2.45, 2.75) is 136 Å². The zero-order valence-electron chi connectivity index (χ0n) is 18.8. The van der Waals surface area contributed by atoms with Gasteiger partial charge < -0.3 is 10.2 Å².